The monoisotopic (exact) mass is 351 g/mol. The van der Waals surface area contributed by atoms with Crippen LogP contribution in [-0.2, 0) is 17.6 Å². The average molecular weight is 351 g/mol. The van der Waals surface area contributed by atoms with E-state index in [9.17, 15) is 9.59 Å². The molecule has 0 aliphatic heterocycles. The molecule has 26 heavy (non-hydrogen) atoms. The molecule has 0 saturated heterocycles. The number of hydrogen-bond acceptors (Lipinski definition) is 4. The summed E-state index contributed by atoms with van der Waals surface area (Å²) in [7, 11) is 1.63. The first kappa shape index (κ1) is 17.7. The Labute approximate surface area is 151 Å². The number of ether oxygens (including phenoxy) is 1. The van der Waals surface area contributed by atoms with Crippen molar-refractivity contribution in [2.75, 3.05) is 13.7 Å². The zero-order valence-electron chi connectivity index (χ0n) is 14.6. The first-order chi connectivity index (χ1) is 12.7. The van der Waals surface area contributed by atoms with Gasteiger partial charge >= 0.3 is 0 Å². The first-order valence-corrected chi connectivity index (χ1v) is 8.54. The van der Waals surface area contributed by atoms with E-state index in [0.717, 1.165) is 11.3 Å². The van der Waals surface area contributed by atoms with Gasteiger partial charge in [-0.3, -0.25) is 9.59 Å². The van der Waals surface area contributed by atoms with Crippen LogP contribution in [0.4, 0.5) is 0 Å². The summed E-state index contributed by atoms with van der Waals surface area (Å²) >= 11 is 0. The molecule has 0 radical (unpaired) electrons. The molecule has 0 bridgehead atoms. The molecule has 0 unspecified atom stereocenters. The van der Waals surface area contributed by atoms with E-state index in [1.165, 1.54) is 0 Å². The van der Waals surface area contributed by atoms with E-state index in [1.807, 2.05) is 30.3 Å². The highest BCUT2D eigenvalue weighted by Gasteiger charge is 2.07. The minimum atomic E-state index is -0.179. The van der Waals surface area contributed by atoms with Crippen LogP contribution >= 0.6 is 0 Å². The smallest absolute Gasteiger partial charge is 0.258 e. The van der Waals surface area contributed by atoms with Gasteiger partial charge < -0.3 is 15.0 Å². The largest absolute Gasteiger partial charge is 0.496 e. The van der Waals surface area contributed by atoms with Crippen LogP contribution < -0.4 is 15.6 Å². The van der Waals surface area contributed by atoms with Crippen molar-refractivity contribution in [3.8, 4) is 5.75 Å². The fourth-order valence-corrected chi connectivity index (χ4v) is 2.82. The van der Waals surface area contributed by atoms with E-state index >= 15 is 0 Å². The van der Waals surface area contributed by atoms with E-state index in [4.69, 9.17) is 4.74 Å². The SMILES string of the molecule is COc1ccccc1CCNC(=O)CCc1nc2ccccc2c(=O)[nH]1. The standard InChI is InChI=1S/C20H21N3O3/c1-26-17-9-5-2-6-14(17)12-13-21-19(24)11-10-18-22-16-8-4-3-7-15(16)20(25)23-18/h2-9H,10-13H2,1H3,(H,21,24)(H,22,23,25). The number of aromatic nitrogens is 2. The Balaban J connectivity index is 1.52. The van der Waals surface area contributed by atoms with Gasteiger partial charge in [-0.15, -0.1) is 0 Å². The predicted molar refractivity (Wildman–Crippen MR) is 100 cm³/mol. The van der Waals surface area contributed by atoms with Crippen molar-refractivity contribution < 1.29 is 9.53 Å². The Kier molecular flexibility index (Phi) is 5.63. The van der Waals surface area contributed by atoms with Crippen molar-refractivity contribution in [1.82, 2.24) is 15.3 Å². The van der Waals surface area contributed by atoms with Gasteiger partial charge in [0.15, 0.2) is 0 Å². The molecule has 0 atom stereocenters. The second-order valence-corrected chi connectivity index (χ2v) is 5.94. The summed E-state index contributed by atoms with van der Waals surface area (Å²) < 4.78 is 5.30. The molecule has 0 aliphatic carbocycles. The van der Waals surface area contributed by atoms with Crippen molar-refractivity contribution in [1.29, 1.82) is 0 Å². The van der Waals surface area contributed by atoms with E-state index in [1.54, 1.807) is 25.3 Å². The number of carbonyl (C=O) groups is 1. The summed E-state index contributed by atoms with van der Waals surface area (Å²) in [5.74, 6) is 1.27. The van der Waals surface area contributed by atoms with Crippen LogP contribution in [0.5, 0.6) is 5.75 Å². The van der Waals surface area contributed by atoms with E-state index in [-0.39, 0.29) is 17.9 Å². The topological polar surface area (TPSA) is 84.1 Å². The molecule has 3 rings (SSSR count). The molecule has 2 aromatic carbocycles. The molecule has 0 aliphatic rings. The highest BCUT2D eigenvalue weighted by Crippen LogP contribution is 2.17. The highest BCUT2D eigenvalue weighted by molar-refractivity contribution is 5.78. The molecule has 6 heteroatoms. The third-order valence-electron chi connectivity index (χ3n) is 4.16. The van der Waals surface area contributed by atoms with Gasteiger partial charge in [0.1, 0.15) is 11.6 Å². The van der Waals surface area contributed by atoms with Crippen LogP contribution in [0.3, 0.4) is 0 Å². The van der Waals surface area contributed by atoms with Crippen LogP contribution in [0.2, 0.25) is 0 Å². The molecule has 0 fully saturated rings. The summed E-state index contributed by atoms with van der Waals surface area (Å²) in [6, 6.07) is 14.9. The number of nitrogens with one attached hydrogen (secondary N) is 2. The number of benzene rings is 2. The fourth-order valence-electron chi connectivity index (χ4n) is 2.82. The molecular weight excluding hydrogens is 330 g/mol. The van der Waals surface area contributed by atoms with Gasteiger partial charge in [0.05, 0.1) is 18.0 Å². The molecule has 1 heterocycles. The number of amides is 1. The van der Waals surface area contributed by atoms with Gasteiger partial charge in [0.25, 0.3) is 5.56 Å². The molecule has 2 N–H and O–H groups in total. The first-order valence-electron chi connectivity index (χ1n) is 8.54. The van der Waals surface area contributed by atoms with Crippen molar-refractivity contribution in [2.24, 2.45) is 0 Å². The number of nitrogens with zero attached hydrogens (tertiary/aromatic N) is 1. The number of H-pyrrole nitrogens is 1. The molecule has 0 saturated carbocycles. The van der Waals surface area contributed by atoms with Gasteiger partial charge in [-0.1, -0.05) is 30.3 Å². The van der Waals surface area contributed by atoms with Crippen LogP contribution in [0.15, 0.2) is 53.3 Å². The number of aromatic amines is 1. The Morgan fingerprint density at radius 1 is 1.12 bits per heavy atom. The lowest BCUT2D eigenvalue weighted by Crippen LogP contribution is -2.26. The third-order valence-corrected chi connectivity index (χ3v) is 4.16. The average Bonchev–Trinajstić information content (AvgIpc) is 2.67. The number of fused-ring (bicyclic) bond motifs is 1. The number of para-hydroxylation sites is 2. The minimum Gasteiger partial charge on any atom is -0.496 e. The van der Waals surface area contributed by atoms with Crippen molar-refractivity contribution in [3.05, 3.63) is 70.3 Å². The van der Waals surface area contributed by atoms with Crippen molar-refractivity contribution in [3.63, 3.8) is 0 Å². The Morgan fingerprint density at radius 2 is 1.88 bits per heavy atom. The maximum Gasteiger partial charge on any atom is 0.258 e. The number of aryl methyl sites for hydroxylation is 1. The van der Waals surface area contributed by atoms with Gasteiger partial charge in [-0.2, -0.15) is 0 Å². The summed E-state index contributed by atoms with van der Waals surface area (Å²) in [5, 5.41) is 3.44. The number of rotatable bonds is 7. The zero-order chi connectivity index (χ0) is 18.4. The maximum atomic E-state index is 12.0. The van der Waals surface area contributed by atoms with Gasteiger partial charge in [0, 0.05) is 19.4 Å². The molecule has 134 valence electrons. The minimum absolute atomic E-state index is 0.0734. The van der Waals surface area contributed by atoms with Crippen LogP contribution in [0.25, 0.3) is 10.9 Å². The molecule has 1 aromatic heterocycles. The quantitative estimate of drug-likeness (QED) is 0.684. The summed E-state index contributed by atoms with van der Waals surface area (Å²) in [4.78, 5) is 31.2. The number of methoxy groups -OCH3 is 1. The van der Waals surface area contributed by atoms with E-state index < -0.39 is 0 Å². The molecule has 0 spiro atoms. The van der Waals surface area contributed by atoms with Crippen molar-refractivity contribution in [2.45, 2.75) is 19.3 Å². The summed E-state index contributed by atoms with van der Waals surface area (Å²) in [5.41, 5.74) is 1.51. The predicted octanol–water partition coefficient (Wildman–Crippen LogP) is 2.22. The van der Waals surface area contributed by atoms with Gasteiger partial charge in [0.2, 0.25) is 5.91 Å². The zero-order valence-corrected chi connectivity index (χ0v) is 14.6. The maximum absolute atomic E-state index is 12.0. The van der Waals surface area contributed by atoms with Crippen molar-refractivity contribution >= 4 is 16.8 Å². The second kappa shape index (κ2) is 8.29. The lowest BCUT2D eigenvalue weighted by Gasteiger charge is -2.09. The lowest BCUT2D eigenvalue weighted by atomic mass is 10.1. The van der Waals surface area contributed by atoms with Gasteiger partial charge in [-0.25, -0.2) is 4.98 Å². The number of hydrogen-bond donors (Lipinski definition) is 2. The van der Waals surface area contributed by atoms with Gasteiger partial charge in [-0.05, 0) is 30.2 Å². The number of carbonyl (C=O) groups excluding carboxylic acids is 1. The summed E-state index contributed by atoms with van der Waals surface area (Å²) in [6.07, 6.45) is 1.36. The van der Waals surface area contributed by atoms with Crippen LogP contribution in [0.1, 0.15) is 17.8 Å². The molecule has 3 aromatic rings. The Morgan fingerprint density at radius 3 is 2.73 bits per heavy atom. The highest BCUT2D eigenvalue weighted by atomic mass is 16.5. The fraction of sp³-hybridized carbons (Fsp3) is 0.250. The summed E-state index contributed by atoms with van der Waals surface area (Å²) in [6.45, 7) is 0.529. The van der Waals surface area contributed by atoms with Crippen LogP contribution in [0, 0.1) is 0 Å². The molecular formula is C20H21N3O3. The Hall–Kier alpha value is -3.15. The second-order valence-electron chi connectivity index (χ2n) is 5.94. The normalized spacial score (nSPS) is 10.7. The van der Waals surface area contributed by atoms with Crippen LogP contribution in [-0.4, -0.2) is 29.5 Å². The Bertz CT molecular complexity index is 966. The van der Waals surface area contributed by atoms with E-state index in [0.29, 0.717) is 36.1 Å². The lowest BCUT2D eigenvalue weighted by molar-refractivity contribution is -0.121. The third kappa shape index (κ3) is 4.27. The molecule has 1 amide bonds. The molecule has 6 nitrogen and oxygen atoms in total. The van der Waals surface area contributed by atoms with E-state index in [2.05, 4.69) is 15.3 Å².